The predicted octanol–water partition coefficient (Wildman–Crippen LogP) is 3.81. The highest BCUT2D eigenvalue weighted by molar-refractivity contribution is 6.31. The van der Waals surface area contributed by atoms with E-state index in [0.717, 1.165) is 16.7 Å². The fourth-order valence-electron chi connectivity index (χ4n) is 1.62. The van der Waals surface area contributed by atoms with Crippen LogP contribution < -0.4 is 0 Å². The smallest absolute Gasteiger partial charge is 0.0696 e. The van der Waals surface area contributed by atoms with E-state index in [0.29, 0.717) is 5.02 Å². The molecule has 1 nitrogen and oxygen atoms in total. The summed E-state index contributed by atoms with van der Waals surface area (Å²) in [6.07, 6.45) is 0. The molecule has 2 heteroatoms. The Morgan fingerprint density at radius 3 is 2.25 bits per heavy atom. The summed E-state index contributed by atoms with van der Waals surface area (Å²) in [7, 11) is 0. The molecule has 2 aromatic rings. The average Bonchev–Trinajstić information content (AvgIpc) is 2.31. The van der Waals surface area contributed by atoms with Crippen molar-refractivity contribution in [3.8, 4) is 11.1 Å². The van der Waals surface area contributed by atoms with Gasteiger partial charge in [0.25, 0.3) is 0 Å². The lowest BCUT2D eigenvalue weighted by Gasteiger charge is -2.06. The summed E-state index contributed by atoms with van der Waals surface area (Å²) in [6.45, 7) is 2.03. The van der Waals surface area contributed by atoms with Crippen LogP contribution >= 0.6 is 11.6 Å². The second kappa shape index (κ2) is 4.69. The van der Waals surface area contributed by atoms with Crippen LogP contribution in [-0.2, 0) is 6.61 Å². The maximum absolute atomic E-state index is 9.15. The van der Waals surface area contributed by atoms with E-state index in [-0.39, 0.29) is 6.61 Å². The normalized spacial score (nSPS) is 10.4. The lowest BCUT2D eigenvalue weighted by molar-refractivity contribution is 0.282. The zero-order valence-corrected chi connectivity index (χ0v) is 9.83. The molecule has 0 fully saturated rings. The van der Waals surface area contributed by atoms with Crippen LogP contribution in [0.4, 0.5) is 0 Å². The molecular formula is C14H13ClO. The summed E-state index contributed by atoms with van der Waals surface area (Å²) < 4.78 is 0. The van der Waals surface area contributed by atoms with Gasteiger partial charge >= 0.3 is 0 Å². The van der Waals surface area contributed by atoms with Crippen molar-refractivity contribution < 1.29 is 5.11 Å². The molecule has 0 aliphatic heterocycles. The molecule has 0 heterocycles. The number of halogens is 1. The molecule has 0 bridgehead atoms. The van der Waals surface area contributed by atoms with E-state index in [1.54, 1.807) is 0 Å². The summed E-state index contributed by atoms with van der Waals surface area (Å²) >= 11 is 5.95. The van der Waals surface area contributed by atoms with Gasteiger partial charge in [0.05, 0.1) is 6.61 Å². The minimum atomic E-state index is -0.0292. The van der Waals surface area contributed by atoms with Gasteiger partial charge in [-0.2, -0.15) is 0 Å². The molecule has 0 atom stereocenters. The molecule has 0 aliphatic carbocycles. The van der Waals surface area contributed by atoms with E-state index in [1.165, 1.54) is 5.56 Å². The largest absolute Gasteiger partial charge is 0.392 e. The van der Waals surface area contributed by atoms with Gasteiger partial charge in [-0.15, -0.1) is 0 Å². The highest BCUT2D eigenvalue weighted by atomic mass is 35.5. The van der Waals surface area contributed by atoms with Crippen molar-refractivity contribution >= 4 is 11.6 Å². The molecule has 2 rings (SSSR count). The predicted molar refractivity (Wildman–Crippen MR) is 67.5 cm³/mol. The number of benzene rings is 2. The molecule has 0 aromatic heterocycles. The highest BCUT2D eigenvalue weighted by Crippen LogP contribution is 2.25. The van der Waals surface area contributed by atoms with Crippen LogP contribution in [-0.4, -0.2) is 5.11 Å². The third kappa shape index (κ3) is 2.26. The van der Waals surface area contributed by atoms with Crippen molar-refractivity contribution in [2.45, 2.75) is 13.5 Å². The van der Waals surface area contributed by atoms with Gasteiger partial charge in [-0.3, -0.25) is 0 Å². The number of hydrogen-bond donors (Lipinski definition) is 1. The van der Waals surface area contributed by atoms with Crippen LogP contribution in [0.25, 0.3) is 11.1 Å². The van der Waals surface area contributed by atoms with Crippen LogP contribution in [0.5, 0.6) is 0 Å². The van der Waals surface area contributed by atoms with Crippen LogP contribution in [0.2, 0.25) is 5.02 Å². The third-order valence-electron chi connectivity index (χ3n) is 2.60. The van der Waals surface area contributed by atoms with E-state index in [4.69, 9.17) is 16.7 Å². The molecule has 16 heavy (non-hydrogen) atoms. The first-order chi connectivity index (χ1) is 7.70. The van der Waals surface area contributed by atoms with Crippen molar-refractivity contribution in [2.24, 2.45) is 0 Å². The van der Waals surface area contributed by atoms with Crippen molar-refractivity contribution in [3.05, 3.63) is 58.6 Å². The minimum absolute atomic E-state index is 0.0292. The van der Waals surface area contributed by atoms with Crippen LogP contribution in [0.15, 0.2) is 42.5 Å². The van der Waals surface area contributed by atoms with Crippen molar-refractivity contribution in [2.75, 3.05) is 0 Å². The minimum Gasteiger partial charge on any atom is -0.392 e. The van der Waals surface area contributed by atoms with Crippen LogP contribution in [0, 0.1) is 6.92 Å². The van der Waals surface area contributed by atoms with E-state index < -0.39 is 0 Å². The summed E-state index contributed by atoms with van der Waals surface area (Å²) in [5.41, 5.74) is 4.21. The molecule has 0 spiro atoms. The Bertz CT molecular complexity index is 489. The molecule has 0 saturated carbocycles. The number of aliphatic hydroxyl groups excluding tert-OH is 1. The van der Waals surface area contributed by atoms with Crippen molar-refractivity contribution in [1.29, 1.82) is 0 Å². The van der Waals surface area contributed by atoms with Gasteiger partial charge in [0, 0.05) is 5.02 Å². The summed E-state index contributed by atoms with van der Waals surface area (Å²) in [4.78, 5) is 0. The van der Waals surface area contributed by atoms with Crippen LogP contribution in [0.3, 0.4) is 0 Å². The first kappa shape index (κ1) is 11.2. The quantitative estimate of drug-likeness (QED) is 0.835. The summed E-state index contributed by atoms with van der Waals surface area (Å²) in [5, 5.41) is 9.76. The molecule has 0 aliphatic rings. The van der Waals surface area contributed by atoms with Gasteiger partial charge in [-0.05, 0) is 35.7 Å². The van der Waals surface area contributed by atoms with Gasteiger partial charge in [0.1, 0.15) is 0 Å². The Morgan fingerprint density at radius 1 is 1.00 bits per heavy atom. The Balaban J connectivity index is 2.44. The van der Waals surface area contributed by atoms with Gasteiger partial charge in [-0.25, -0.2) is 0 Å². The lowest BCUT2D eigenvalue weighted by atomic mass is 10.0. The average molecular weight is 233 g/mol. The molecule has 0 unspecified atom stereocenters. The van der Waals surface area contributed by atoms with Gasteiger partial charge in [-0.1, -0.05) is 47.5 Å². The monoisotopic (exact) mass is 232 g/mol. The number of rotatable bonds is 2. The zero-order chi connectivity index (χ0) is 11.5. The van der Waals surface area contributed by atoms with E-state index in [1.807, 2.05) is 18.2 Å². The summed E-state index contributed by atoms with van der Waals surface area (Å²) in [5.74, 6) is 0. The topological polar surface area (TPSA) is 20.2 Å². The van der Waals surface area contributed by atoms with E-state index >= 15 is 0 Å². The van der Waals surface area contributed by atoms with Gasteiger partial charge < -0.3 is 5.11 Å². The van der Waals surface area contributed by atoms with E-state index in [9.17, 15) is 0 Å². The fraction of sp³-hybridized carbons (Fsp3) is 0.143. The Morgan fingerprint density at radius 2 is 1.62 bits per heavy atom. The molecular weight excluding hydrogens is 220 g/mol. The summed E-state index contributed by atoms with van der Waals surface area (Å²) in [6, 6.07) is 14.0. The standard InChI is InChI=1S/C14H13ClO/c1-10-2-4-11(5-3-10)12-6-7-14(15)13(8-12)9-16/h2-8,16H,9H2,1H3. The zero-order valence-electron chi connectivity index (χ0n) is 9.07. The SMILES string of the molecule is Cc1ccc(-c2ccc(Cl)c(CO)c2)cc1. The highest BCUT2D eigenvalue weighted by Gasteiger charge is 2.02. The maximum atomic E-state index is 9.15. The molecule has 82 valence electrons. The lowest BCUT2D eigenvalue weighted by Crippen LogP contribution is -1.86. The second-order valence-electron chi connectivity index (χ2n) is 3.83. The van der Waals surface area contributed by atoms with Crippen molar-refractivity contribution in [1.82, 2.24) is 0 Å². The maximum Gasteiger partial charge on any atom is 0.0696 e. The van der Waals surface area contributed by atoms with E-state index in [2.05, 4.69) is 31.2 Å². The fourth-order valence-corrected chi connectivity index (χ4v) is 1.80. The number of hydrogen-bond acceptors (Lipinski definition) is 1. The molecule has 2 aromatic carbocycles. The van der Waals surface area contributed by atoms with Crippen LogP contribution in [0.1, 0.15) is 11.1 Å². The number of aryl methyl sites for hydroxylation is 1. The first-order valence-electron chi connectivity index (χ1n) is 5.17. The molecule has 0 radical (unpaired) electrons. The van der Waals surface area contributed by atoms with Gasteiger partial charge in [0.15, 0.2) is 0 Å². The molecule has 0 amide bonds. The number of aliphatic hydroxyl groups is 1. The molecule has 0 saturated heterocycles. The first-order valence-corrected chi connectivity index (χ1v) is 5.55. The van der Waals surface area contributed by atoms with Crippen molar-refractivity contribution in [3.63, 3.8) is 0 Å². The van der Waals surface area contributed by atoms with Gasteiger partial charge in [0.2, 0.25) is 0 Å². The molecule has 1 N–H and O–H groups in total. The Kier molecular flexibility index (Phi) is 3.28. The Labute approximate surface area is 100 Å². The second-order valence-corrected chi connectivity index (χ2v) is 4.24. The Hall–Kier alpha value is -1.31. The third-order valence-corrected chi connectivity index (χ3v) is 2.97.